The Morgan fingerprint density at radius 1 is 1.44 bits per heavy atom. The van der Waals surface area contributed by atoms with Crippen LogP contribution in [0.15, 0.2) is 22.8 Å². The SMILES string of the molecule is CC(C)CNC[C@H](O)COCc1ccco1. The quantitative estimate of drug-likeness (QED) is 0.705. The number of furan rings is 1. The largest absolute Gasteiger partial charge is 0.467 e. The molecule has 1 aromatic rings. The Morgan fingerprint density at radius 2 is 2.25 bits per heavy atom. The highest BCUT2D eigenvalue weighted by molar-refractivity contribution is 4.96. The number of rotatable bonds is 8. The summed E-state index contributed by atoms with van der Waals surface area (Å²) in [6.45, 7) is 6.48. The first kappa shape index (κ1) is 13.2. The first-order chi connectivity index (χ1) is 7.68. The van der Waals surface area contributed by atoms with Crippen LogP contribution in [-0.2, 0) is 11.3 Å². The summed E-state index contributed by atoms with van der Waals surface area (Å²) in [7, 11) is 0. The second kappa shape index (κ2) is 7.44. The lowest BCUT2D eigenvalue weighted by molar-refractivity contribution is 0.0225. The molecule has 0 spiro atoms. The van der Waals surface area contributed by atoms with Gasteiger partial charge in [-0.2, -0.15) is 0 Å². The summed E-state index contributed by atoms with van der Waals surface area (Å²) >= 11 is 0. The summed E-state index contributed by atoms with van der Waals surface area (Å²) in [5, 5.41) is 12.7. The van der Waals surface area contributed by atoms with Gasteiger partial charge in [-0.3, -0.25) is 0 Å². The molecule has 4 nitrogen and oxygen atoms in total. The molecule has 0 amide bonds. The van der Waals surface area contributed by atoms with Crippen molar-refractivity contribution in [3.8, 4) is 0 Å². The molecule has 0 aliphatic rings. The first-order valence-corrected chi connectivity index (χ1v) is 5.67. The summed E-state index contributed by atoms with van der Waals surface area (Å²) in [5.74, 6) is 1.37. The van der Waals surface area contributed by atoms with E-state index < -0.39 is 6.10 Å². The number of hydrogen-bond acceptors (Lipinski definition) is 4. The van der Waals surface area contributed by atoms with Crippen LogP contribution < -0.4 is 5.32 Å². The Kier molecular flexibility index (Phi) is 6.15. The summed E-state index contributed by atoms with van der Waals surface area (Å²) in [4.78, 5) is 0. The van der Waals surface area contributed by atoms with E-state index in [0.717, 1.165) is 12.3 Å². The van der Waals surface area contributed by atoms with E-state index in [0.29, 0.717) is 25.7 Å². The Bertz CT molecular complexity index is 259. The van der Waals surface area contributed by atoms with E-state index in [9.17, 15) is 5.11 Å². The van der Waals surface area contributed by atoms with Gasteiger partial charge in [-0.25, -0.2) is 0 Å². The van der Waals surface area contributed by atoms with Crippen LogP contribution in [0.4, 0.5) is 0 Å². The van der Waals surface area contributed by atoms with Gasteiger partial charge in [0, 0.05) is 6.54 Å². The minimum absolute atomic E-state index is 0.325. The Morgan fingerprint density at radius 3 is 2.88 bits per heavy atom. The van der Waals surface area contributed by atoms with Gasteiger partial charge in [0.05, 0.1) is 19.0 Å². The maximum absolute atomic E-state index is 9.57. The van der Waals surface area contributed by atoms with Crippen molar-refractivity contribution in [2.75, 3.05) is 19.7 Å². The predicted octanol–water partition coefficient (Wildman–Crippen LogP) is 1.40. The summed E-state index contributed by atoms with van der Waals surface area (Å²) < 4.78 is 10.4. The molecular formula is C12H21NO3. The lowest BCUT2D eigenvalue weighted by Gasteiger charge is -2.13. The first-order valence-electron chi connectivity index (χ1n) is 5.67. The molecular weight excluding hydrogens is 206 g/mol. The van der Waals surface area contributed by atoms with Crippen molar-refractivity contribution in [1.29, 1.82) is 0 Å². The third-order valence-corrected chi connectivity index (χ3v) is 2.07. The fourth-order valence-electron chi connectivity index (χ4n) is 1.29. The average Bonchev–Trinajstić information content (AvgIpc) is 2.70. The number of hydrogen-bond donors (Lipinski definition) is 2. The molecule has 0 bridgehead atoms. The minimum Gasteiger partial charge on any atom is -0.467 e. The highest BCUT2D eigenvalue weighted by atomic mass is 16.5. The van der Waals surface area contributed by atoms with E-state index in [2.05, 4.69) is 19.2 Å². The molecule has 0 saturated heterocycles. The van der Waals surface area contributed by atoms with Crippen LogP contribution in [0.2, 0.25) is 0 Å². The average molecular weight is 227 g/mol. The Labute approximate surface area is 96.6 Å². The molecule has 0 fully saturated rings. The second-order valence-electron chi connectivity index (χ2n) is 4.30. The van der Waals surface area contributed by atoms with E-state index in [-0.39, 0.29) is 0 Å². The van der Waals surface area contributed by atoms with Crippen LogP contribution >= 0.6 is 0 Å². The van der Waals surface area contributed by atoms with Gasteiger partial charge in [-0.15, -0.1) is 0 Å². The fourth-order valence-corrected chi connectivity index (χ4v) is 1.29. The molecule has 0 unspecified atom stereocenters. The van der Waals surface area contributed by atoms with Crippen LogP contribution in [0.3, 0.4) is 0 Å². The number of nitrogens with one attached hydrogen (secondary N) is 1. The van der Waals surface area contributed by atoms with Gasteiger partial charge in [-0.05, 0) is 24.6 Å². The molecule has 1 aromatic heterocycles. The van der Waals surface area contributed by atoms with Crippen molar-refractivity contribution in [2.45, 2.75) is 26.6 Å². The zero-order chi connectivity index (χ0) is 11.8. The number of aliphatic hydroxyl groups excluding tert-OH is 1. The lowest BCUT2D eigenvalue weighted by Crippen LogP contribution is -2.32. The molecule has 0 saturated carbocycles. The van der Waals surface area contributed by atoms with E-state index >= 15 is 0 Å². The minimum atomic E-state index is -0.464. The molecule has 1 heterocycles. The van der Waals surface area contributed by atoms with Crippen molar-refractivity contribution in [3.05, 3.63) is 24.2 Å². The maximum atomic E-state index is 9.57. The molecule has 0 radical (unpaired) electrons. The van der Waals surface area contributed by atoms with Gasteiger partial charge < -0.3 is 19.6 Å². The van der Waals surface area contributed by atoms with Crippen molar-refractivity contribution in [1.82, 2.24) is 5.32 Å². The Balaban J connectivity index is 2.00. The standard InChI is InChI=1S/C12H21NO3/c1-10(2)6-13-7-11(14)8-15-9-12-4-3-5-16-12/h3-5,10-11,13-14H,6-9H2,1-2H3/t11-/m0/s1. The van der Waals surface area contributed by atoms with Crippen molar-refractivity contribution in [3.63, 3.8) is 0 Å². The van der Waals surface area contributed by atoms with E-state index in [1.165, 1.54) is 0 Å². The highest BCUT2D eigenvalue weighted by Gasteiger charge is 2.05. The van der Waals surface area contributed by atoms with E-state index in [4.69, 9.17) is 9.15 Å². The highest BCUT2D eigenvalue weighted by Crippen LogP contribution is 2.01. The zero-order valence-corrected chi connectivity index (χ0v) is 9.98. The van der Waals surface area contributed by atoms with Crippen molar-refractivity contribution < 1.29 is 14.3 Å². The molecule has 92 valence electrons. The Hall–Kier alpha value is -0.840. The lowest BCUT2D eigenvalue weighted by atomic mass is 10.2. The van der Waals surface area contributed by atoms with E-state index in [1.54, 1.807) is 6.26 Å². The van der Waals surface area contributed by atoms with E-state index in [1.807, 2.05) is 12.1 Å². The van der Waals surface area contributed by atoms with Gasteiger partial charge in [0.15, 0.2) is 0 Å². The third-order valence-electron chi connectivity index (χ3n) is 2.07. The van der Waals surface area contributed by atoms with Crippen LogP contribution in [0.25, 0.3) is 0 Å². The number of ether oxygens (including phenoxy) is 1. The summed E-state index contributed by atoms with van der Waals surface area (Å²) in [6.07, 6.45) is 1.15. The van der Waals surface area contributed by atoms with Crippen LogP contribution in [0.1, 0.15) is 19.6 Å². The third kappa shape index (κ3) is 5.90. The van der Waals surface area contributed by atoms with Gasteiger partial charge in [-0.1, -0.05) is 13.8 Å². The molecule has 0 aromatic carbocycles. The number of aliphatic hydroxyl groups is 1. The van der Waals surface area contributed by atoms with Crippen LogP contribution in [-0.4, -0.2) is 30.9 Å². The normalized spacial score (nSPS) is 13.2. The topological polar surface area (TPSA) is 54.6 Å². The maximum Gasteiger partial charge on any atom is 0.129 e. The summed E-state index contributed by atoms with van der Waals surface area (Å²) in [5.41, 5.74) is 0. The smallest absolute Gasteiger partial charge is 0.129 e. The van der Waals surface area contributed by atoms with Gasteiger partial charge in [0.1, 0.15) is 12.4 Å². The van der Waals surface area contributed by atoms with Crippen LogP contribution in [0, 0.1) is 5.92 Å². The van der Waals surface area contributed by atoms with Gasteiger partial charge in [0.25, 0.3) is 0 Å². The second-order valence-corrected chi connectivity index (χ2v) is 4.30. The molecule has 2 N–H and O–H groups in total. The molecule has 1 atom stereocenters. The zero-order valence-electron chi connectivity index (χ0n) is 9.98. The molecule has 1 rings (SSSR count). The molecule has 0 aliphatic heterocycles. The summed E-state index contributed by atoms with van der Waals surface area (Å²) in [6, 6.07) is 3.67. The molecule has 4 heteroatoms. The fraction of sp³-hybridized carbons (Fsp3) is 0.667. The van der Waals surface area contributed by atoms with Crippen molar-refractivity contribution >= 4 is 0 Å². The van der Waals surface area contributed by atoms with Gasteiger partial charge in [0.2, 0.25) is 0 Å². The van der Waals surface area contributed by atoms with Crippen LogP contribution in [0.5, 0.6) is 0 Å². The van der Waals surface area contributed by atoms with Gasteiger partial charge >= 0.3 is 0 Å². The molecule has 0 aliphatic carbocycles. The van der Waals surface area contributed by atoms with Crippen molar-refractivity contribution in [2.24, 2.45) is 5.92 Å². The predicted molar refractivity (Wildman–Crippen MR) is 62.1 cm³/mol. The monoisotopic (exact) mass is 227 g/mol. The molecule has 16 heavy (non-hydrogen) atoms.